The molecule has 2 rings (SSSR count). The van der Waals surface area contributed by atoms with E-state index in [1.54, 1.807) is 0 Å². The molecule has 0 saturated heterocycles. The van der Waals surface area contributed by atoms with E-state index < -0.39 is 32.5 Å². The molecule has 2 atom stereocenters. The van der Waals surface area contributed by atoms with Crippen molar-refractivity contribution in [3.05, 3.63) is 56.7 Å². The lowest BCUT2D eigenvalue weighted by atomic mass is 9.67. The van der Waals surface area contributed by atoms with Crippen molar-refractivity contribution in [3.8, 4) is 0 Å². The summed E-state index contributed by atoms with van der Waals surface area (Å²) in [6.45, 7) is 7.94. The SMILES string of the molecule is CCCCC1=C(C(=O)O)C(C(=O)O)=C/C(=C2/C=C(C(=O)O)C(C(=O)O)=C(CCCC)C2(Br)CCCC)C1(Br)CCCC. The van der Waals surface area contributed by atoms with Gasteiger partial charge in [0.15, 0.2) is 0 Å². The van der Waals surface area contributed by atoms with E-state index in [2.05, 4.69) is 31.9 Å². The van der Waals surface area contributed by atoms with Crippen LogP contribution in [0.1, 0.15) is 105 Å². The van der Waals surface area contributed by atoms with Crippen LogP contribution in [-0.4, -0.2) is 53.0 Å². The lowest BCUT2D eigenvalue weighted by Gasteiger charge is -2.44. The molecule has 0 aromatic rings. The van der Waals surface area contributed by atoms with E-state index in [-0.39, 0.29) is 22.3 Å². The van der Waals surface area contributed by atoms with E-state index in [9.17, 15) is 39.6 Å². The number of alkyl halides is 2. The van der Waals surface area contributed by atoms with Crippen molar-refractivity contribution in [1.82, 2.24) is 0 Å². The number of hydrogen-bond donors (Lipinski definition) is 4. The number of hydrogen-bond acceptors (Lipinski definition) is 4. The summed E-state index contributed by atoms with van der Waals surface area (Å²) in [5.74, 6) is -5.47. The molecule has 2 aliphatic carbocycles. The van der Waals surface area contributed by atoms with Gasteiger partial charge in [-0.1, -0.05) is 98.1 Å². The third-order valence-electron chi connectivity index (χ3n) is 8.02. The van der Waals surface area contributed by atoms with Crippen LogP contribution < -0.4 is 0 Å². The molecule has 0 saturated carbocycles. The van der Waals surface area contributed by atoms with Crippen LogP contribution in [0.5, 0.6) is 0 Å². The van der Waals surface area contributed by atoms with Crippen molar-refractivity contribution < 1.29 is 39.6 Å². The highest BCUT2D eigenvalue weighted by atomic mass is 79.9. The number of unbranched alkanes of at least 4 members (excludes halogenated alkanes) is 4. The first-order chi connectivity index (χ1) is 19.8. The molecule has 0 aromatic heterocycles. The molecule has 232 valence electrons. The summed E-state index contributed by atoms with van der Waals surface area (Å²) in [5, 5.41) is 41.1. The summed E-state index contributed by atoms with van der Waals surface area (Å²) in [6, 6.07) is 0. The second-order valence-electron chi connectivity index (χ2n) is 10.9. The van der Waals surface area contributed by atoms with Gasteiger partial charge in [0, 0.05) is 0 Å². The molecule has 42 heavy (non-hydrogen) atoms. The number of allylic oxidation sites excluding steroid dienone is 6. The van der Waals surface area contributed by atoms with Crippen molar-refractivity contribution in [2.75, 3.05) is 0 Å². The Balaban J connectivity index is 3.25. The molecular weight excluding hydrogens is 672 g/mol. The molecule has 8 nitrogen and oxygen atoms in total. The van der Waals surface area contributed by atoms with Crippen LogP contribution in [0.25, 0.3) is 0 Å². The van der Waals surface area contributed by atoms with E-state index >= 15 is 0 Å². The van der Waals surface area contributed by atoms with Gasteiger partial charge in [0.2, 0.25) is 0 Å². The zero-order valence-electron chi connectivity index (χ0n) is 24.8. The molecule has 4 N–H and O–H groups in total. The highest BCUT2D eigenvalue weighted by Crippen LogP contribution is 2.56. The summed E-state index contributed by atoms with van der Waals surface area (Å²) in [6.07, 6.45) is 9.93. The number of aliphatic carboxylic acids is 4. The van der Waals surface area contributed by atoms with Crippen LogP contribution in [-0.2, 0) is 19.2 Å². The van der Waals surface area contributed by atoms with Crippen molar-refractivity contribution in [2.45, 2.75) is 113 Å². The van der Waals surface area contributed by atoms with Crippen LogP contribution in [0.15, 0.2) is 56.7 Å². The van der Waals surface area contributed by atoms with Crippen LogP contribution >= 0.6 is 31.9 Å². The Morgan fingerprint density at radius 2 is 0.881 bits per heavy atom. The van der Waals surface area contributed by atoms with E-state index in [1.807, 2.05) is 27.7 Å². The van der Waals surface area contributed by atoms with E-state index in [0.29, 0.717) is 73.7 Å². The van der Waals surface area contributed by atoms with Gasteiger partial charge in [-0.25, -0.2) is 19.2 Å². The summed E-state index contributed by atoms with van der Waals surface area (Å²) in [4.78, 5) is 50.4. The minimum atomic E-state index is -1.40. The maximum absolute atomic E-state index is 12.6. The fourth-order valence-electron chi connectivity index (χ4n) is 5.88. The summed E-state index contributed by atoms with van der Waals surface area (Å²) in [5.41, 5.74) is 0.520. The van der Waals surface area contributed by atoms with Gasteiger partial charge in [-0.3, -0.25) is 0 Å². The van der Waals surface area contributed by atoms with Gasteiger partial charge in [-0.2, -0.15) is 0 Å². The molecule has 2 aliphatic rings. The molecule has 10 heteroatoms. The second-order valence-corrected chi connectivity index (χ2v) is 13.6. The molecule has 0 spiro atoms. The lowest BCUT2D eigenvalue weighted by Crippen LogP contribution is -2.40. The minimum Gasteiger partial charge on any atom is -0.478 e. The zero-order chi connectivity index (χ0) is 31.8. The largest absolute Gasteiger partial charge is 0.478 e. The van der Waals surface area contributed by atoms with Gasteiger partial charge in [0.05, 0.1) is 30.9 Å². The lowest BCUT2D eigenvalue weighted by molar-refractivity contribution is -0.136. The average molecular weight is 714 g/mol. The molecule has 0 amide bonds. The smallest absolute Gasteiger partial charge is 0.336 e. The predicted molar refractivity (Wildman–Crippen MR) is 169 cm³/mol. The molecule has 2 unspecified atom stereocenters. The Bertz CT molecular complexity index is 1170. The monoisotopic (exact) mass is 712 g/mol. The predicted octanol–water partition coefficient (Wildman–Crippen LogP) is 8.12. The van der Waals surface area contributed by atoms with Gasteiger partial charge in [-0.15, -0.1) is 0 Å². The van der Waals surface area contributed by atoms with Crippen molar-refractivity contribution in [3.63, 3.8) is 0 Å². The van der Waals surface area contributed by atoms with Gasteiger partial charge in [0.1, 0.15) is 0 Å². The quantitative estimate of drug-likeness (QED) is 0.117. The molecule has 0 bridgehead atoms. The maximum Gasteiger partial charge on any atom is 0.336 e. The Hall–Kier alpha value is -2.46. The van der Waals surface area contributed by atoms with Crippen LogP contribution in [0.3, 0.4) is 0 Å². The first kappa shape index (κ1) is 35.7. The summed E-state index contributed by atoms with van der Waals surface area (Å²) < 4.78 is -2.22. The Labute approximate surface area is 264 Å². The van der Waals surface area contributed by atoms with Crippen molar-refractivity contribution >= 4 is 55.7 Å². The summed E-state index contributed by atoms with van der Waals surface area (Å²) >= 11 is 7.86. The fraction of sp³-hybridized carbons (Fsp3) is 0.562. The van der Waals surface area contributed by atoms with Crippen molar-refractivity contribution in [1.29, 1.82) is 0 Å². The molecule has 0 aliphatic heterocycles. The molecule has 0 heterocycles. The molecule has 0 radical (unpaired) electrons. The maximum atomic E-state index is 12.6. The topological polar surface area (TPSA) is 149 Å². The summed E-state index contributed by atoms with van der Waals surface area (Å²) in [7, 11) is 0. The highest BCUT2D eigenvalue weighted by Gasteiger charge is 2.50. The number of rotatable bonds is 16. The highest BCUT2D eigenvalue weighted by molar-refractivity contribution is 9.10. The second kappa shape index (κ2) is 15.3. The number of halogens is 2. The number of carboxylic acid groups (broad SMARTS) is 4. The van der Waals surface area contributed by atoms with Gasteiger partial charge in [-0.05, 0) is 73.0 Å². The minimum absolute atomic E-state index is 0.256. The Morgan fingerprint density at radius 1 is 0.571 bits per heavy atom. The van der Waals surface area contributed by atoms with Gasteiger partial charge < -0.3 is 20.4 Å². The molecule has 0 aromatic carbocycles. The van der Waals surface area contributed by atoms with Gasteiger partial charge >= 0.3 is 23.9 Å². The molecular formula is C32H42Br2O8. The van der Waals surface area contributed by atoms with E-state index in [4.69, 9.17) is 0 Å². The normalized spacial score (nSPS) is 24.4. The van der Waals surface area contributed by atoms with Crippen LogP contribution in [0.4, 0.5) is 0 Å². The standard InChI is InChI=1S/C32H42Br2O8/c1-5-9-13-21-25(29(39)40)19(27(35)36)17-23(31(21,33)15-11-7-3)24-18-20(28(37)38)26(30(41)42)22(14-10-6-2)32(24,34)16-12-8-4/h17-18H,5-16H2,1-4H3,(H,35,36)(H,37,38)(H,39,40)(H,41,42)/b24-23+. The zero-order valence-corrected chi connectivity index (χ0v) is 28.0. The first-order valence-electron chi connectivity index (χ1n) is 14.7. The number of carbonyl (C=O) groups is 4. The number of carboxylic acids is 4. The fourth-order valence-corrected chi connectivity index (χ4v) is 7.89. The first-order valence-corrected chi connectivity index (χ1v) is 16.3. The average Bonchev–Trinajstić information content (AvgIpc) is 2.92. The third kappa shape index (κ3) is 7.18. The van der Waals surface area contributed by atoms with E-state index in [0.717, 1.165) is 25.7 Å². The Kier molecular flexibility index (Phi) is 13.0. The van der Waals surface area contributed by atoms with E-state index in [1.165, 1.54) is 12.2 Å². The molecule has 0 fully saturated rings. The van der Waals surface area contributed by atoms with Crippen LogP contribution in [0.2, 0.25) is 0 Å². The Morgan fingerprint density at radius 3 is 1.12 bits per heavy atom. The van der Waals surface area contributed by atoms with Crippen LogP contribution in [0, 0.1) is 0 Å². The van der Waals surface area contributed by atoms with Gasteiger partial charge in [0.25, 0.3) is 0 Å². The third-order valence-corrected chi connectivity index (χ3v) is 10.6. The van der Waals surface area contributed by atoms with Crippen molar-refractivity contribution in [2.24, 2.45) is 0 Å².